The largest absolute Gasteiger partial charge is 0.496 e. The van der Waals surface area contributed by atoms with Gasteiger partial charge in [-0.3, -0.25) is 9.69 Å². The molecule has 0 radical (unpaired) electrons. The lowest BCUT2D eigenvalue weighted by atomic mass is 10.0. The van der Waals surface area contributed by atoms with Crippen molar-refractivity contribution >= 4 is 5.97 Å². The standard InChI is InChI=1S/C17H27NO3/c1-13(2)18(11-7-10-17(19)20)14(3)12-15-8-5-6-9-16(15)21-4/h5-6,8-9,13-14H,7,10-12H2,1-4H3,(H,19,20). The third-order valence-electron chi connectivity index (χ3n) is 3.74. The summed E-state index contributed by atoms with van der Waals surface area (Å²) in [6, 6.07) is 8.80. The molecule has 4 heteroatoms. The molecule has 1 unspecified atom stereocenters. The van der Waals surface area contributed by atoms with Crippen molar-refractivity contribution in [2.24, 2.45) is 0 Å². The van der Waals surface area contributed by atoms with Gasteiger partial charge in [-0.25, -0.2) is 0 Å². The normalized spacial score (nSPS) is 12.7. The number of hydrogen-bond donors (Lipinski definition) is 1. The van der Waals surface area contributed by atoms with Gasteiger partial charge in [-0.05, 0) is 51.8 Å². The van der Waals surface area contributed by atoms with Gasteiger partial charge in [0, 0.05) is 18.5 Å². The Labute approximate surface area is 127 Å². The smallest absolute Gasteiger partial charge is 0.303 e. The first-order valence-electron chi connectivity index (χ1n) is 7.55. The highest BCUT2D eigenvalue weighted by Gasteiger charge is 2.18. The average Bonchev–Trinajstić information content (AvgIpc) is 2.43. The topological polar surface area (TPSA) is 49.8 Å². The molecular formula is C17H27NO3. The van der Waals surface area contributed by atoms with Crippen LogP contribution in [0.5, 0.6) is 5.75 Å². The number of aliphatic carboxylic acids is 1. The van der Waals surface area contributed by atoms with Crippen LogP contribution in [0.4, 0.5) is 0 Å². The van der Waals surface area contributed by atoms with Crippen LogP contribution >= 0.6 is 0 Å². The van der Waals surface area contributed by atoms with E-state index in [2.05, 4.69) is 31.7 Å². The molecule has 0 bridgehead atoms. The number of carboxylic acid groups (broad SMARTS) is 1. The van der Waals surface area contributed by atoms with E-state index in [-0.39, 0.29) is 6.42 Å². The van der Waals surface area contributed by atoms with E-state index in [1.54, 1.807) is 7.11 Å². The van der Waals surface area contributed by atoms with E-state index >= 15 is 0 Å². The first-order valence-corrected chi connectivity index (χ1v) is 7.55. The van der Waals surface area contributed by atoms with Crippen LogP contribution in [0.15, 0.2) is 24.3 Å². The number of nitrogens with zero attached hydrogens (tertiary/aromatic N) is 1. The number of hydrogen-bond acceptors (Lipinski definition) is 3. The van der Waals surface area contributed by atoms with Gasteiger partial charge >= 0.3 is 5.97 Å². The highest BCUT2D eigenvalue weighted by atomic mass is 16.5. The molecule has 0 saturated carbocycles. The minimum absolute atomic E-state index is 0.227. The molecule has 0 aromatic heterocycles. The predicted octanol–water partition coefficient (Wildman–Crippen LogP) is 3.20. The second-order valence-electron chi connectivity index (χ2n) is 5.69. The van der Waals surface area contributed by atoms with Gasteiger partial charge in [0.25, 0.3) is 0 Å². The van der Waals surface area contributed by atoms with E-state index < -0.39 is 5.97 Å². The summed E-state index contributed by atoms with van der Waals surface area (Å²) in [5.74, 6) is 0.190. The fourth-order valence-electron chi connectivity index (χ4n) is 2.71. The summed E-state index contributed by atoms with van der Waals surface area (Å²) in [5, 5.41) is 8.77. The second-order valence-corrected chi connectivity index (χ2v) is 5.69. The van der Waals surface area contributed by atoms with Gasteiger partial charge in [0.05, 0.1) is 7.11 Å². The van der Waals surface area contributed by atoms with Crippen molar-refractivity contribution in [3.05, 3.63) is 29.8 Å². The van der Waals surface area contributed by atoms with E-state index in [0.29, 0.717) is 18.5 Å². The van der Waals surface area contributed by atoms with Crippen LogP contribution in [0, 0.1) is 0 Å². The molecule has 0 saturated heterocycles. The maximum absolute atomic E-state index is 10.7. The molecule has 1 aromatic carbocycles. The molecule has 0 fully saturated rings. The first-order chi connectivity index (χ1) is 9.95. The Balaban J connectivity index is 2.67. The van der Waals surface area contributed by atoms with Crippen LogP contribution in [-0.2, 0) is 11.2 Å². The summed E-state index contributed by atoms with van der Waals surface area (Å²) >= 11 is 0. The lowest BCUT2D eigenvalue weighted by Gasteiger charge is -2.33. The Morgan fingerprint density at radius 2 is 1.95 bits per heavy atom. The second kappa shape index (κ2) is 8.67. The van der Waals surface area contributed by atoms with E-state index in [1.165, 1.54) is 5.56 Å². The van der Waals surface area contributed by atoms with E-state index in [0.717, 1.165) is 18.7 Å². The Morgan fingerprint density at radius 3 is 2.52 bits per heavy atom. The summed E-state index contributed by atoms with van der Waals surface area (Å²) in [5.41, 5.74) is 1.19. The van der Waals surface area contributed by atoms with Crippen LogP contribution in [0.1, 0.15) is 39.2 Å². The zero-order valence-corrected chi connectivity index (χ0v) is 13.5. The molecule has 1 aromatic rings. The highest BCUT2D eigenvalue weighted by molar-refractivity contribution is 5.66. The number of carboxylic acids is 1. The molecule has 0 heterocycles. The molecule has 0 aliphatic carbocycles. The molecule has 1 atom stereocenters. The van der Waals surface area contributed by atoms with Crippen LogP contribution in [-0.4, -0.2) is 41.7 Å². The Morgan fingerprint density at radius 1 is 1.29 bits per heavy atom. The summed E-state index contributed by atoms with van der Waals surface area (Å²) in [4.78, 5) is 13.0. The highest BCUT2D eigenvalue weighted by Crippen LogP contribution is 2.21. The van der Waals surface area contributed by atoms with Crippen LogP contribution in [0.25, 0.3) is 0 Å². The Hall–Kier alpha value is -1.55. The molecule has 1 rings (SSSR count). The quantitative estimate of drug-likeness (QED) is 0.759. The van der Waals surface area contributed by atoms with Gasteiger partial charge in [-0.2, -0.15) is 0 Å². The minimum atomic E-state index is -0.726. The third-order valence-corrected chi connectivity index (χ3v) is 3.74. The Kier molecular flexibility index (Phi) is 7.23. The third kappa shape index (κ3) is 5.76. The number of benzene rings is 1. The number of rotatable bonds is 9. The zero-order valence-electron chi connectivity index (χ0n) is 13.5. The fraction of sp³-hybridized carbons (Fsp3) is 0.588. The molecule has 118 valence electrons. The van der Waals surface area contributed by atoms with Crippen molar-refractivity contribution < 1.29 is 14.6 Å². The van der Waals surface area contributed by atoms with E-state index in [9.17, 15) is 4.79 Å². The molecule has 4 nitrogen and oxygen atoms in total. The Bertz CT molecular complexity index is 445. The van der Waals surface area contributed by atoms with Crippen molar-refractivity contribution in [3.63, 3.8) is 0 Å². The number of carbonyl (C=O) groups is 1. The molecule has 0 spiro atoms. The average molecular weight is 293 g/mol. The van der Waals surface area contributed by atoms with Crippen LogP contribution in [0.2, 0.25) is 0 Å². The summed E-state index contributed by atoms with van der Waals surface area (Å²) < 4.78 is 5.40. The SMILES string of the molecule is COc1ccccc1CC(C)N(CCCC(=O)O)C(C)C. The van der Waals surface area contributed by atoms with Crippen molar-refractivity contribution in [1.82, 2.24) is 4.90 Å². The molecule has 0 aliphatic rings. The summed E-state index contributed by atoms with van der Waals surface area (Å²) in [7, 11) is 1.69. The van der Waals surface area contributed by atoms with Crippen LogP contribution < -0.4 is 4.74 Å². The lowest BCUT2D eigenvalue weighted by molar-refractivity contribution is -0.137. The molecule has 0 amide bonds. The summed E-state index contributed by atoms with van der Waals surface area (Å²) in [6.07, 6.45) is 1.81. The van der Waals surface area contributed by atoms with Gasteiger partial charge in [-0.1, -0.05) is 18.2 Å². The molecular weight excluding hydrogens is 266 g/mol. The maximum atomic E-state index is 10.7. The number of methoxy groups -OCH3 is 1. The number of para-hydroxylation sites is 1. The van der Waals surface area contributed by atoms with Crippen molar-refractivity contribution in [2.45, 2.75) is 52.1 Å². The van der Waals surface area contributed by atoms with E-state index in [4.69, 9.17) is 9.84 Å². The van der Waals surface area contributed by atoms with Gasteiger partial charge in [0.1, 0.15) is 5.75 Å². The van der Waals surface area contributed by atoms with Gasteiger partial charge in [-0.15, -0.1) is 0 Å². The maximum Gasteiger partial charge on any atom is 0.303 e. The zero-order chi connectivity index (χ0) is 15.8. The minimum Gasteiger partial charge on any atom is -0.496 e. The van der Waals surface area contributed by atoms with Crippen molar-refractivity contribution in [3.8, 4) is 5.75 Å². The number of ether oxygens (including phenoxy) is 1. The van der Waals surface area contributed by atoms with Crippen molar-refractivity contribution in [1.29, 1.82) is 0 Å². The van der Waals surface area contributed by atoms with Crippen LogP contribution in [0.3, 0.4) is 0 Å². The van der Waals surface area contributed by atoms with Gasteiger partial charge in [0.2, 0.25) is 0 Å². The van der Waals surface area contributed by atoms with Gasteiger partial charge < -0.3 is 9.84 Å². The molecule has 1 N–H and O–H groups in total. The fourth-order valence-corrected chi connectivity index (χ4v) is 2.71. The lowest BCUT2D eigenvalue weighted by Crippen LogP contribution is -2.40. The van der Waals surface area contributed by atoms with Gasteiger partial charge in [0.15, 0.2) is 0 Å². The monoisotopic (exact) mass is 293 g/mol. The molecule has 0 aliphatic heterocycles. The van der Waals surface area contributed by atoms with E-state index in [1.807, 2.05) is 18.2 Å². The predicted molar refractivity (Wildman–Crippen MR) is 84.9 cm³/mol. The molecule has 21 heavy (non-hydrogen) atoms. The first kappa shape index (κ1) is 17.5. The summed E-state index contributed by atoms with van der Waals surface area (Å²) in [6.45, 7) is 7.30. The van der Waals surface area contributed by atoms with Crippen molar-refractivity contribution in [2.75, 3.05) is 13.7 Å².